The van der Waals surface area contributed by atoms with E-state index in [2.05, 4.69) is 5.32 Å². The van der Waals surface area contributed by atoms with E-state index < -0.39 is 12.0 Å². The number of amides is 2. The second-order valence-corrected chi connectivity index (χ2v) is 5.99. The van der Waals surface area contributed by atoms with E-state index in [4.69, 9.17) is 4.74 Å². The van der Waals surface area contributed by atoms with Crippen molar-refractivity contribution in [3.8, 4) is 0 Å². The molecule has 1 aliphatic carbocycles. The zero-order chi connectivity index (χ0) is 16.9. The van der Waals surface area contributed by atoms with Crippen LogP contribution in [0.5, 0.6) is 0 Å². The predicted molar refractivity (Wildman–Crippen MR) is 91.9 cm³/mol. The number of ether oxygens (including phenoxy) is 1. The van der Waals surface area contributed by atoms with Crippen LogP contribution in [0.2, 0.25) is 0 Å². The Morgan fingerprint density at radius 2 is 1.62 bits per heavy atom. The molecular weight excluding hydrogens is 302 g/mol. The van der Waals surface area contributed by atoms with Crippen molar-refractivity contribution in [1.82, 2.24) is 5.32 Å². The van der Waals surface area contributed by atoms with E-state index in [1.807, 2.05) is 55.5 Å². The molecule has 0 radical (unpaired) electrons. The van der Waals surface area contributed by atoms with Gasteiger partial charge in [0.15, 0.2) is 0 Å². The van der Waals surface area contributed by atoms with Crippen LogP contribution in [-0.2, 0) is 16.0 Å². The maximum Gasteiger partial charge on any atom is 0.413 e. The van der Waals surface area contributed by atoms with Gasteiger partial charge in [-0.2, -0.15) is 0 Å². The van der Waals surface area contributed by atoms with Gasteiger partial charge < -0.3 is 4.74 Å². The Kier molecular flexibility index (Phi) is 4.94. The van der Waals surface area contributed by atoms with Crippen LogP contribution in [0.3, 0.4) is 0 Å². The molecule has 0 saturated heterocycles. The van der Waals surface area contributed by atoms with Crippen LogP contribution in [0.1, 0.15) is 47.9 Å². The normalized spacial score (nSPS) is 12.9. The number of unbranched alkanes of at least 4 members (excludes halogenated alkanes) is 1. The number of hydrogen-bond donors (Lipinski definition) is 1. The van der Waals surface area contributed by atoms with Crippen molar-refractivity contribution in [3.05, 3.63) is 70.8 Å². The van der Waals surface area contributed by atoms with Crippen LogP contribution in [-0.4, -0.2) is 18.6 Å². The lowest BCUT2D eigenvalue weighted by molar-refractivity contribution is -0.121. The van der Waals surface area contributed by atoms with E-state index in [9.17, 15) is 9.59 Å². The molecule has 0 atom stereocenters. The van der Waals surface area contributed by atoms with Gasteiger partial charge in [-0.3, -0.25) is 10.1 Å². The monoisotopic (exact) mass is 323 g/mol. The summed E-state index contributed by atoms with van der Waals surface area (Å²) >= 11 is 0. The number of rotatable bonds is 4. The third-order valence-electron chi connectivity index (χ3n) is 4.33. The fourth-order valence-electron chi connectivity index (χ4n) is 3.13. The minimum absolute atomic E-state index is 0.327. The third kappa shape index (κ3) is 3.32. The summed E-state index contributed by atoms with van der Waals surface area (Å²) in [5.41, 5.74) is 4.15. The second kappa shape index (κ2) is 7.30. The van der Waals surface area contributed by atoms with E-state index in [-0.39, 0.29) is 5.91 Å². The largest absolute Gasteiger partial charge is 0.449 e. The van der Waals surface area contributed by atoms with E-state index in [1.165, 1.54) is 0 Å². The summed E-state index contributed by atoms with van der Waals surface area (Å²) in [6, 6.07) is 15.8. The zero-order valence-corrected chi connectivity index (χ0v) is 13.7. The summed E-state index contributed by atoms with van der Waals surface area (Å²) in [7, 11) is 0. The van der Waals surface area contributed by atoms with Gasteiger partial charge in [0.2, 0.25) is 5.91 Å². The van der Waals surface area contributed by atoms with Crippen molar-refractivity contribution in [3.63, 3.8) is 0 Å². The highest BCUT2D eigenvalue weighted by atomic mass is 16.5. The first kappa shape index (κ1) is 16.2. The Morgan fingerprint density at radius 3 is 2.21 bits per heavy atom. The standard InChI is InChI=1S/C20H21NO3/c1-2-3-12-24-20(23)21-19(22)18-16-10-6-4-8-14(16)13-15-9-5-7-11-17(15)18/h4-11,18H,2-3,12-13H2,1H3,(H,21,22,23). The molecule has 0 aromatic heterocycles. The summed E-state index contributed by atoms with van der Waals surface area (Å²) in [5, 5.41) is 2.39. The van der Waals surface area contributed by atoms with E-state index in [0.29, 0.717) is 6.61 Å². The maximum atomic E-state index is 12.8. The van der Waals surface area contributed by atoms with Gasteiger partial charge in [-0.1, -0.05) is 61.9 Å². The molecule has 0 unspecified atom stereocenters. The molecule has 0 saturated carbocycles. The van der Waals surface area contributed by atoms with Gasteiger partial charge in [-0.05, 0) is 35.1 Å². The van der Waals surface area contributed by atoms with Crippen LogP contribution in [0, 0.1) is 0 Å². The molecule has 24 heavy (non-hydrogen) atoms. The van der Waals surface area contributed by atoms with Gasteiger partial charge in [0.05, 0.1) is 12.5 Å². The van der Waals surface area contributed by atoms with Crippen molar-refractivity contribution in [2.24, 2.45) is 0 Å². The van der Waals surface area contributed by atoms with E-state index in [0.717, 1.165) is 41.5 Å². The summed E-state index contributed by atoms with van der Waals surface area (Å²) in [4.78, 5) is 24.6. The average Bonchev–Trinajstić information content (AvgIpc) is 2.59. The van der Waals surface area contributed by atoms with Crippen molar-refractivity contribution < 1.29 is 14.3 Å². The van der Waals surface area contributed by atoms with Gasteiger partial charge >= 0.3 is 6.09 Å². The molecule has 1 aliphatic rings. The van der Waals surface area contributed by atoms with Gasteiger partial charge in [0.1, 0.15) is 0 Å². The van der Waals surface area contributed by atoms with Crippen LogP contribution < -0.4 is 5.32 Å². The number of hydrogen-bond acceptors (Lipinski definition) is 3. The van der Waals surface area contributed by atoms with Crippen molar-refractivity contribution in [2.75, 3.05) is 6.61 Å². The minimum Gasteiger partial charge on any atom is -0.449 e. The molecule has 4 heteroatoms. The van der Waals surface area contributed by atoms with Crippen LogP contribution >= 0.6 is 0 Å². The topological polar surface area (TPSA) is 55.4 Å². The minimum atomic E-state index is -0.672. The highest BCUT2D eigenvalue weighted by Gasteiger charge is 2.31. The van der Waals surface area contributed by atoms with Crippen LogP contribution in [0.4, 0.5) is 4.79 Å². The lowest BCUT2D eigenvalue weighted by Gasteiger charge is -2.27. The molecule has 0 spiro atoms. The fourth-order valence-corrected chi connectivity index (χ4v) is 3.13. The molecule has 1 N–H and O–H groups in total. The van der Waals surface area contributed by atoms with Crippen molar-refractivity contribution in [1.29, 1.82) is 0 Å². The molecule has 2 amide bonds. The first-order chi connectivity index (χ1) is 11.7. The Morgan fingerprint density at radius 1 is 1.04 bits per heavy atom. The molecule has 0 fully saturated rings. The zero-order valence-electron chi connectivity index (χ0n) is 13.7. The lowest BCUT2D eigenvalue weighted by Crippen LogP contribution is -2.37. The number of benzene rings is 2. The third-order valence-corrected chi connectivity index (χ3v) is 4.33. The molecular formula is C20H21NO3. The van der Waals surface area contributed by atoms with Gasteiger partial charge in [-0.15, -0.1) is 0 Å². The van der Waals surface area contributed by atoms with E-state index >= 15 is 0 Å². The highest BCUT2D eigenvalue weighted by Crippen LogP contribution is 2.36. The fraction of sp³-hybridized carbons (Fsp3) is 0.300. The van der Waals surface area contributed by atoms with Gasteiger partial charge in [0, 0.05) is 0 Å². The molecule has 2 aromatic rings. The number of alkyl carbamates (subject to hydrolysis) is 1. The Bertz CT molecular complexity index is 709. The number of carbonyl (C=O) groups is 2. The van der Waals surface area contributed by atoms with Crippen molar-refractivity contribution in [2.45, 2.75) is 32.1 Å². The Hall–Kier alpha value is -2.62. The summed E-state index contributed by atoms with van der Waals surface area (Å²) in [5.74, 6) is -0.819. The second-order valence-electron chi connectivity index (χ2n) is 5.99. The number of imide groups is 1. The maximum absolute atomic E-state index is 12.8. The SMILES string of the molecule is CCCCOC(=O)NC(=O)C1c2ccccc2Cc2ccccc21. The van der Waals surface area contributed by atoms with Crippen LogP contribution in [0.25, 0.3) is 0 Å². The molecule has 0 aliphatic heterocycles. The molecule has 0 heterocycles. The number of nitrogens with one attached hydrogen (secondary N) is 1. The molecule has 4 nitrogen and oxygen atoms in total. The predicted octanol–water partition coefficient (Wildman–Crippen LogP) is 3.78. The van der Waals surface area contributed by atoms with Gasteiger partial charge in [0.25, 0.3) is 0 Å². The number of fused-ring (bicyclic) bond motifs is 2. The first-order valence-electron chi connectivity index (χ1n) is 8.34. The summed E-state index contributed by atoms with van der Waals surface area (Å²) in [6.07, 6.45) is 1.85. The summed E-state index contributed by atoms with van der Waals surface area (Å²) in [6.45, 7) is 2.34. The van der Waals surface area contributed by atoms with Gasteiger partial charge in [-0.25, -0.2) is 4.79 Å². The number of carbonyl (C=O) groups excluding carboxylic acids is 2. The molecule has 124 valence electrons. The summed E-state index contributed by atoms with van der Waals surface area (Å²) < 4.78 is 5.05. The molecule has 2 aromatic carbocycles. The lowest BCUT2D eigenvalue weighted by atomic mass is 9.78. The highest BCUT2D eigenvalue weighted by molar-refractivity contribution is 5.98. The van der Waals surface area contributed by atoms with Crippen LogP contribution in [0.15, 0.2) is 48.5 Å². The first-order valence-corrected chi connectivity index (χ1v) is 8.34. The van der Waals surface area contributed by atoms with Crippen molar-refractivity contribution >= 4 is 12.0 Å². The quantitative estimate of drug-likeness (QED) is 0.871. The Balaban J connectivity index is 1.84. The van der Waals surface area contributed by atoms with E-state index in [1.54, 1.807) is 0 Å². The molecule has 3 rings (SSSR count). The Labute approximate surface area is 141 Å². The smallest absolute Gasteiger partial charge is 0.413 e. The average molecular weight is 323 g/mol. The molecule has 0 bridgehead atoms.